The number of carbonyl (C=O) groups excluding carboxylic acids is 1. The summed E-state index contributed by atoms with van der Waals surface area (Å²) in [6.07, 6.45) is 1.29. The van der Waals surface area contributed by atoms with Crippen molar-refractivity contribution < 1.29 is 19.1 Å². The Morgan fingerprint density at radius 2 is 2.00 bits per heavy atom. The fourth-order valence-electron chi connectivity index (χ4n) is 0.952. The Bertz CT molecular complexity index is 242. The zero-order valence-corrected chi connectivity index (χ0v) is 9.32. The lowest BCUT2D eigenvalue weighted by atomic mass is 10.1. The van der Waals surface area contributed by atoms with E-state index in [0.29, 0.717) is 13.0 Å². The molecule has 7 N–H and O–H groups in total. The van der Waals surface area contributed by atoms with Gasteiger partial charge in [-0.2, -0.15) is 0 Å². The van der Waals surface area contributed by atoms with Gasteiger partial charge in [-0.1, -0.05) is 6.42 Å². The first-order valence-electron chi connectivity index (χ1n) is 4.64. The molecule has 1 amide bonds. The van der Waals surface area contributed by atoms with Crippen molar-refractivity contribution in [3.8, 4) is 0 Å². The van der Waals surface area contributed by atoms with Crippen LogP contribution in [0.5, 0.6) is 0 Å². The first-order valence-corrected chi connectivity index (χ1v) is 6.44. The first kappa shape index (κ1) is 14.5. The number of unbranched alkanes of at least 4 members (excludes halogenated alkanes) is 1. The van der Waals surface area contributed by atoms with E-state index in [1.54, 1.807) is 0 Å². The van der Waals surface area contributed by atoms with Crippen molar-refractivity contribution in [2.45, 2.75) is 25.3 Å². The van der Waals surface area contributed by atoms with Crippen molar-refractivity contribution in [2.75, 3.05) is 12.8 Å². The lowest BCUT2D eigenvalue weighted by Crippen LogP contribution is -2.40. The molecule has 1 atom stereocenters. The highest BCUT2D eigenvalue weighted by Crippen LogP contribution is 2.31. The zero-order valence-electron chi connectivity index (χ0n) is 8.43. The summed E-state index contributed by atoms with van der Waals surface area (Å²) in [5, 5.41) is 2.09. The number of nitrogens with two attached hydrogens (primary N) is 2. The lowest BCUT2D eigenvalue weighted by molar-refractivity contribution is -0.122. The smallest absolute Gasteiger partial charge is 0.343 e. The third kappa shape index (κ3) is 8.53. The van der Waals surface area contributed by atoms with E-state index in [1.165, 1.54) is 0 Å². The molecule has 15 heavy (non-hydrogen) atoms. The number of rotatable bonds is 7. The fraction of sp³-hybridized carbons (Fsp3) is 0.857. The van der Waals surface area contributed by atoms with Crippen LogP contribution in [-0.2, 0) is 9.36 Å². The second-order valence-corrected chi connectivity index (χ2v) is 4.90. The number of carbonyl (C=O) groups is 1. The highest BCUT2D eigenvalue weighted by atomic mass is 31.2. The molecule has 0 aliphatic carbocycles. The standard InChI is InChI=1S/C7H18N3O4P/c8-4-2-1-3-6(9)7(11)10-5-15(12,13)14/h6H,1-5,8-9H2,(H,10,11)(H2,12,13,14)/t6-/m0/s1. The van der Waals surface area contributed by atoms with E-state index >= 15 is 0 Å². The third-order valence-electron chi connectivity index (χ3n) is 1.77. The molecule has 0 aliphatic heterocycles. The van der Waals surface area contributed by atoms with Gasteiger partial charge in [-0.3, -0.25) is 9.36 Å². The average Bonchev–Trinajstić information content (AvgIpc) is 2.13. The Labute approximate surface area is 88.4 Å². The second-order valence-electron chi connectivity index (χ2n) is 3.25. The number of hydrogen-bond acceptors (Lipinski definition) is 4. The van der Waals surface area contributed by atoms with Gasteiger partial charge in [-0.15, -0.1) is 0 Å². The summed E-state index contributed by atoms with van der Waals surface area (Å²) in [6, 6.07) is -0.733. The Balaban J connectivity index is 3.74. The molecule has 90 valence electrons. The average molecular weight is 239 g/mol. The predicted molar refractivity (Wildman–Crippen MR) is 55.9 cm³/mol. The van der Waals surface area contributed by atoms with Crippen LogP contribution in [-0.4, -0.2) is 34.6 Å². The summed E-state index contributed by atoms with van der Waals surface area (Å²) < 4.78 is 10.4. The van der Waals surface area contributed by atoms with Gasteiger partial charge in [0.15, 0.2) is 0 Å². The SMILES string of the molecule is NCCCC[C@H](N)C(=O)NCP(=O)(O)O. The normalized spacial score (nSPS) is 13.6. The van der Waals surface area contributed by atoms with Crippen molar-refractivity contribution in [1.29, 1.82) is 0 Å². The van der Waals surface area contributed by atoms with E-state index in [1.807, 2.05) is 0 Å². The fourth-order valence-corrected chi connectivity index (χ4v) is 1.31. The van der Waals surface area contributed by atoms with Gasteiger partial charge < -0.3 is 26.6 Å². The molecule has 7 nitrogen and oxygen atoms in total. The summed E-state index contributed by atoms with van der Waals surface area (Å²) in [5.41, 5.74) is 10.7. The first-order chi connectivity index (χ1) is 6.87. The van der Waals surface area contributed by atoms with Crippen LogP contribution in [0.3, 0.4) is 0 Å². The van der Waals surface area contributed by atoms with Crippen LogP contribution in [0.1, 0.15) is 19.3 Å². The van der Waals surface area contributed by atoms with Gasteiger partial charge in [0, 0.05) is 0 Å². The summed E-state index contributed by atoms with van der Waals surface area (Å²) in [4.78, 5) is 28.2. The number of nitrogens with one attached hydrogen (secondary N) is 1. The number of hydrogen-bond donors (Lipinski definition) is 5. The maximum absolute atomic E-state index is 11.2. The molecule has 0 unspecified atom stereocenters. The van der Waals surface area contributed by atoms with Crippen molar-refractivity contribution in [3.63, 3.8) is 0 Å². The second kappa shape index (κ2) is 6.92. The molecule has 0 bridgehead atoms. The molecule has 0 spiro atoms. The molecule has 0 rings (SSSR count). The molecule has 0 radical (unpaired) electrons. The van der Waals surface area contributed by atoms with E-state index < -0.39 is 25.8 Å². The van der Waals surface area contributed by atoms with Gasteiger partial charge in [-0.05, 0) is 19.4 Å². The summed E-state index contributed by atoms with van der Waals surface area (Å²) >= 11 is 0. The van der Waals surface area contributed by atoms with Crippen LogP contribution < -0.4 is 16.8 Å². The largest absolute Gasteiger partial charge is 0.344 e. The monoisotopic (exact) mass is 239 g/mol. The van der Waals surface area contributed by atoms with Crippen molar-refractivity contribution in [1.82, 2.24) is 5.32 Å². The highest BCUT2D eigenvalue weighted by Gasteiger charge is 2.18. The van der Waals surface area contributed by atoms with Gasteiger partial charge in [0.2, 0.25) is 5.91 Å². The molecule has 0 fully saturated rings. The van der Waals surface area contributed by atoms with Gasteiger partial charge in [0.25, 0.3) is 0 Å². The number of amides is 1. The maximum Gasteiger partial charge on any atom is 0.344 e. The molecule has 0 aromatic heterocycles. The summed E-state index contributed by atoms with van der Waals surface area (Å²) in [6.45, 7) is 0.539. The summed E-state index contributed by atoms with van der Waals surface area (Å²) in [5.74, 6) is -0.546. The van der Waals surface area contributed by atoms with E-state index in [4.69, 9.17) is 21.3 Å². The molecular formula is C7H18N3O4P. The van der Waals surface area contributed by atoms with Crippen LogP contribution in [0.25, 0.3) is 0 Å². The van der Waals surface area contributed by atoms with Crippen LogP contribution in [0.4, 0.5) is 0 Å². The van der Waals surface area contributed by atoms with Crippen molar-refractivity contribution >= 4 is 13.5 Å². The highest BCUT2D eigenvalue weighted by molar-refractivity contribution is 7.51. The topological polar surface area (TPSA) is 139 Å². The minimum Gasteiger partial charge on any atom is -0.343 e. The quantitative estimate of drug-likeness (QED) is 0.276. The van der Waals surface area contributed by atoms with Gasteiger partial charge in [0.05, 0.1) is 6.04 Å². The van der Waals surface area contributed by atoms with Crippen molar-refractivity contribution in [3.05, 3.63) is 0 Å². The maximum atomic E-state index is 11.2. The molecule has 8 heteroatoms. The molecule has 0 aromatic rings. The molecule has 0 aromatic carbocycles. The molecule has 0 heterocycles. The van der Waals surface area contributed by atoms with E-state index in [9.17, 15) is 9.36 Å². The Morgan fingerprint density at radius 1 is 1.40 bits per heavy atom. The lowest BCUT2D eigenvalue weighted by Gasteiger charge is -2.12. The van der Waals surface area contributed by atoms with Crippen molar-refractivity contribution in [2.24, 2.45) is 11.5 Å². The molecule has 0 aliphatic rings. The van der Waals surface area contributed by atoms with E-state index in [0.717, 1.165) is 12.8 Å². The van der Waals surface area contributed by atoms with Gasteiger partial charge in [-0.25, -0.2) is 0 Å². The minimum absolute atomic E-state index is 0.462. The zero-order chi connectivity index (χ0) is 11.9. The third-order valence-corrected chi connectivity index (χ3v) is 2.34. The molecule has 0 saturated carbocycles. The Kier molecular flexibility index (Phi) is 6.71. The summed E-state index contributed by atoms with van der Waals surface area (Å²) in [7, 11) is -4.20. The van der Waals surface area contributed by atoms with Crippen LogP contribution in [0, 0.1) is 0 Å². The van der Waals surface area contributed by atoms with Gasteiger partial charge in [0.1, 0.15) is 6.29 Å². The van der Waals surface area contributed by atoms with Crippen LogP contribution >= 0.6 is 7.60 Å². The molecular weight excluding hydrogens is 221 g/mol. The Morgan fingerprint density at radius 3 is 2.47 bits per heavy atom. The van der Waals surface area contributed by atoms with Crippen LogP contribution in [0.15, 0.2) is 0 Å². The van der Waals surface area contributed by atoms with E-state index in [2.05, 4.69) is 5.32 Å². The van der Waals surface area contributed by atoms with E-state index in [-0.39, 0.29) is 0 Å². The van der Waals surface area contributed by atoms with Gasteiger partial charge >= 0.3 is 7.60 Å². The predicted octanol–water partition coefficient (Wildman–Crippen LogP) is -1.31. The van der Waals surface area contributed by atoms with Crippen LogP contribution in [0.2, 0.25) is 0 Å². The minimum atomic E-state index is -4.20. The Hall–Kier alpha value is -0.460. The molecule has 0 saturated heterocycles.